The van der Waals surface area contributed by atoms with Crippen LogP contribution in [0.1, 0.15) is 5.56 Å². The SMILES string of the molecule is Nc1ccc2c(c1)N(Cc1ccc(F)c(F)c1)CCS2. The van der Waals surface area contributed by atoms with Gasteiger partial charge in [0.05, 0.1) is 5.69 Å². The molecule has 0 radical (unpaired) electrons. The summed E-state index contributed by atoms with van der Waals surface area (Å²) in [5, 5.41) is 0. The van der Waals surface area contributed by atoms with E-state index in [2.05, 4.69) is 4.90 Å². The molecule has 1 aliphatic heterocycles. The molecule has 0 saturated carbocycles. The van der Waals surface area contributed by atoms with E-state index in [4.69, 9.17) is 5.73 Å². The van der Waals surface area contributed by atoms with Gasteiger partial charge in [0.15, 0.2) is 11.6 Å². The van der Waals surface area contributed by atoms with Crippen molar-refractivity contribution in [2.24, 2.45) is 0 Å². The molecule has 2 N–H and O–H groups in total. The number of nitrogens with zero attached hydrogens (tertiary/aromatic N) is 1. The standard InChI is InChI=1S/C15H14F2N2S/c16-12-3-1-10(7-13(12)17)9-19-5-6-20-15-4-2-11(18)8-14(15)19/h1-4,7-8H,5-6,9,18H2. The van der Waals surface area contributed by atoms with Gasteiger partial charge in [0, 0.05) is 29.4 Å². The number of thioether (sulfide) groups is 1. The summed E-state index contributed by atoms with van der Waals surface area (Å²) in [4.78, 5) is 3.32. The van der Waals surface area contributed by atoms with Gasteiger partial charge in [-0.05, 0) is 35.9 Å². The first-order valence-corrected chi connectivity index (χ1v) is 7.33. The van der Waals surface area contributed by atoms with Crippen molar-refractivity contribution in [3.63, 3.8) is 0 Å². The fourth-order valence-corrected chi connectivity index (χ4v) is 3.34. The molecule has 1 heterocycles. The van der Waals surface area contributed by atoms with Gasteiger partial charge in [-0.3, -0.25) is 0 Å². The first kappa shape index (κ1) is 13.2. The third kappa shape index (κ3) is 2.58. The average Bonchev–Trinajstić information content (AvgIpc) is 2.44. The Morgan fingerprint density at radius 2 is 1.95 bits per heavy atom. The van der Waals surface area contributed by atoms with Crippen molar-refractivity contribution in [2.75, 3.05) is 22.9 Å². The second-order valence-electron chi connectivity index (χ2n) is 4.75. The molecule has 3 rings (SSSR count). The normalized spacial score (nSPS) is 14.2. The van der Waals surface area contributed by atoms with Crippen LogP contribution in [0.5, 0.6) is 0 Å². The van der Waals surface area contributed by atoms with Crippen molar-refractivity contribution in [1.82, 2.24) is 0 Å². The Labute approximate surface area is 120 Å². The number of hydrogen-bond acceptors (Lipinski definition) is 3. The predicted molar refractivity (Wildman–Crippen MR) is 79.0 cm³/mol. The number of rotatable bonds is 2. The van der Waals surface area contributed by atoms with Crippen LogP contribution in [0.25, 0.3) is 0 Å². The van der Waals surface area contributed by atoms with E-state index in [9.17, 15) is 8.78 Å². The molecule has 0 amide bonds. The second kappa shape index (κ2) is 5.32. The van der Waals surface area contributed by atoms with E-state index in [1.54, 1.807) is 17.8 Å². The fraction of sp³-hybridized carbons (Fsp3) is 0.200. The van der Waals surface area contributed by atoms with Crippen molar-refractivity contribution in [3.05, 3.63) is 53.6 Å². The molecule has 0 aromatic heterocycles. The highest BCUT2D eigenvalue weighted by Crippen LogP contribution is 2.36. The zero-order valence-electron chi connectivity index (χ0n) is 10.8. The molecule has 0 unspecified atom stereocenters. The van der Waals surface area contributed by atoms with Crippen molar-refractivity contribution < 1.29 is 8.78 Å². The fourth-order valence-electron chi connectivity index (χ4n) is 2.31. The lowest BCUT2D eigenvalue weighted by atomic mass is 10.1. The minimum Gasteiger partial charge on any atom is -0.399 e. The van der Waals surface area contributed by atoms with Crippen LogP contribution in [0.4, 0.5) is 20.2 Å². The lowest BCUT2D eigenvalue weighted by Gasteiger charge is -2.31. The van der Waals surface area contributed by atoms with Crippen LogP contribution in [0.15, 0.2) is 41.3 Å². The number of anilines is 2. The van der Waals surface area contributed by atoms with E-state index >= 15 is 0 Å². The number of halogens is 2. The summed E-state index contributed by atoms with van der Waals surface area (Å²) in [7, 11) is 0. The zero-order valence-corrected chi connectivity index (χ0v) is 11.6. The molecular formula is C15H14F2N2S. The molecule has 5 heteroatoms. The smallest absolute Gasteiger partial charge is 0.159 e. The Morgan fingerprint density at radius 1 is 1.10 bits per heavy atom. The molecule has 0 spiro atoms. The molecule has 0 bridgehead atoms. The third-order valence-electron chi connectivity index (χ3n) is 3.30. The van der Waals surface area contributed by atoms with Gasteiger partial charge in [-0.25, -0.2) is 8.78 Å². The molecule has 0 saturated heterocycles. The van der Waals surface area contributed by atoms with Gasteiger partial charge >= 0.3 is 0 Å². The Balaban J connectivity index is 1.89. The molecule has 1 aliphatic rings. The zero-order chi connectivity index (χ0) is 14.1. The van der Waals surface area contributed by atoms with Crippen LogP contribution in [0, 0.1) is 11.6 Å². The van der Waals surface area contributed by atoms with E-state index in [0.717, 1.165) is 23.5 Å². The summed E-state index contributed by atoms with van der Waals surface area (Å²) in [6, 6.07) is 9.86. The van der Waals surface area contributed by atoms with Crippen molar-refractivity contribution in [3.8, 4) is 0 Å². The van der Waals surface area contributed by atoms with Crippen molar-refractivity contribution in [1.29, 1.82) is 0 Å². The monoisotopic (exact) mass is 292 g/mol. The van der Waals surface area contributed by atoms with Crippen molar-refractivity contribution >= 4 is 23.1 Å². The van der Waals surface area contributed by atoms with Crippen LogP contribution < -0.4 is 10.6 Å². The van der Waals surface area contributed by atoms with Gasteiger partial charge in [-0.1, -0.05) is 6.07 Å². The Hall–Kier alpha value is -1.75. The third-order valence-corrected chi connectivity index (χ3v) is 4.34. The van der Waals surface area contributed by atoms with Gasteiger partial charge in [0.25, 0.3) is 0 Å². The summed E-state index contributed by atoms with van der Waals surface area (Å²) in [6.07, 6.45) is 0. The molecule has 0 aliphatic carbocycles. The van der Waals surface area contributed by atoms with Crippen LogP contribution in [0.3, 0.4) is 0 Å². The van der Waals surface area contributed by atoms with Crippen LogP contribution >= 0.6 is 11.8 Å². The molecule has 20 heavy (non-hydrogen) atoms. The van der Waals surface area contributed by atoms with Gasteiger partial charge in [0.2, 0.25) is 0 Å². The molecule has 2 nitrogen and oxygen atoms in total. The summed E-state index contributed by atoms with van der Waals surface area (Å²) in [5.74, 6) is -0.644. The van der Waals surface area contributed by atoms with Crippen molar-refractivity contribution in [2.45, 2.75) is 11.4 Å². The van der Waals surface area contributed by atoms with Gasteiger partial charge in [-0.15, -0.1) is 11.8 Å². The largest absolute Gasteiger partial charge is 0.399 e. The Bertz CT molecular complexity index is 646. The Morgan fingerprint density at radius 3 is 2.75 bits per heavy atom. The predicted octanol–water partition coefficient (Wildman–Crippen LogP) is 3.66. The number of hydrogen-bond donors (Lipinski definition) is 1. The van der Waals surface area contributed by atoms with E-state index in [0.29, 0.717) is 12.2 Å². The summed E-state index contributed by atoms with van der Waals surface area (Å²) < 4.78 is 26.2. The lowest BCUT2D eigenvalue weighted by Crippen LogP contribution is -2.28. The van der Waals surface area contributed by atoms with E-state index in [1.165, 1.54) is 17.0 Å². The molecule has 2 aromatic carbocycles. The molecule has 2 aromatic rings. The summed E-state index contributed by atoms with van der Waals surface area (Å²) in [6.45, 7) is 1.41. The highest BCUT2D eigenvalue weighted by Gasteiger charge is 2.18. The number of benzene rings is 2. The topological polar surface area (TPSA) is 29.3 Å². The highest BCUT2D eigenvalue weighted by atomic mass is 32.2. The van der Waals surface area contributed by atoms with Gasteiger partial charge in [0.1, 0.15) is 0 Å². The van der Waals surface area contributed by atoms with Gasteiger partial charge < -0.3 is 10.6 Å². The van der Waals surface area contributed by atoms with E-state index in [-0.39, 0.29) is 0 Å². The minimum absolute atomic E-state index is 0.550. The number of nitrogens with two attached hydrogens (primary N) is 1. The number of fused-ring (bicyclic) bond motifs is 1. The minimum atomic E-state index is -0.812. The summed E-state index contributed by atoms with van der Waals surface area (Å²) in [5.41, 5.74) is 8.36. The quantitative estimate of drug-likeness (QED) is 0.857. The van der Waals surface area contributed by atoms with Crippen LogP contribution in [-0.2, 0) is 6.54 Å². The summed E-state index contributed by atoms with van der Waals surface area (Å²) >= 11 is 1.79. The Kier molecular flexibility index (Phi) is 3.53. The lowest BCUT2D eigenvalue weighted by molar-refractivity contribution is 0.507. The second-order valence-corrected chi connectivity index (χ2v) is 5.88. The molecule has 0 atom stereocenters. The first-order valence-electron chi connectivity index (χ1n) is 6.35. The van der Waals surface area contributed by atoms with Crippen LogP contribution in [0.2, 0.25) is 0 Å². The average molecular weight is 292 g/mol. The first-order chi connectivity index (χ1) is 9.63. The van der Waals surface area contributed by atoms with E-state index < -0.39 is 11.6 Å². The van der Waals surface area contributed by atoms with Gasteiger partial charge in [-0.2, -0.15) is 0 Å². The maximum atomic E-state index is 13.3. The van der Waals surface area contributed by atoms with Crippen LogP contribution in [-0.4, -0.2) is 12.3 Å². The number of nitrogen functional groups attached to an aromatic ring is 1. The maximum Gasteiger partial charge on any atom is 0.159 e. The molecule has 104 valence electrons. The molecule has 0 fully saturated rings. The maximum absolute atomic E-state index is 13.3. The van der Waals surface area contributed by atoms with E-state index in [1.807, 2.05) is 18.2 Å². The molecular weight excluding hydrogens is 278 g/mol. The highest BCUT2D eigenvalue weighted by molar-refractivity contribution is 7.99.